The lowest BCUT2D eigenvalue weighted by molar-refractivity contribution is -0.132. The molecule has 6 heteroatoms. The molecule has 1 aromatic carbocycles. The van der Waals surface area contributed by atoms with E-state index >= 15 is 0 Å². The molecule has 1 unspecified atom stereocenters. The number of halogens is 2. The highest BCUT2D eigenvalue weighted by Crippen LogP contribution is 2.34. The highest BCUT2D eigenvalue weighted by atomic mass is 19.2. The van der Waals surface area contributed by atoms with Crippen LogP contribution in [0, 0.1) is 24.5 Å². The van der Waals surface area contributed by atoms with Crippen molar-refractivity contribution < 1.29 is 13.6 Å². The molecule has 154 valence electrons. The zero-order valence-corrected chi connectivity index (χ0v) is 16.9. The van der Waals surface area contributed by atoms with Crippen molar-refractivity contribution in [1.82, 2.24) is 9.88 Å². The largest absolute Gasteiger partial charge is 0.353 e. The standard InChI is InChI=1S/C23H27F2N3O/c1-15-3-8-22(26-13-15)27-9-10-28-19(14-27)11-18(23(28)29)5-4-16(2)17-6-7-20(24)21(25)12-17/h3,6-8,12-13,16,18-19H,4-5,9-11,14H2,1-2H3/t16?,18-,19-/m0/s1. The number of rotatable bonds is 5. The van der Waals surface area contributed by atoms with E-state index in [-0.39, 0.29) is 23.8 Å². The molecule has 1 aromatic heterocycles. The van der Waals surface area contributed by atoms with Gasteiger partial charge < -0.3 is 9.80 Å². The Kier molecular flexibility index (Phi) is 5.52. The minimum atomic E-state index is -0.823. The summed E-state index contributed by atoms with van der Waals surface area (Å²) in [6.45, 7) is 6.38. The van der Waals surface area contributed by atoms with Crippen LogP contribution < -0.4 is 4.90 Å². The summed E-state index contributed by atoms with van der Waals surface area (Å²) in [5, 5.41) is 0. The minimum Gasteiger partial charge on any atom is -0.353 e. The summed E-state index contributed by atoms with van der Waals surface area (Å²) in [7, 11) is 0. The number of amides is 1. The van der Waals surface area contributed by atoms with Gasteiger partial charge in [0.1, 0.15) is 5.82 Å². The summed E-state index contributed by atoms with van der Waals surface area (Å²) in [5.74, 6) is -0.325. The Hall–Kier alpha value is -2.50. The maximum atomic E-state index is 13.5. The Labute approximate surface area is 170 Å². The monoisotopic (exact) mass is 399 g/mol. The second-order valence-electron chi connectivity index (χ2n) is 8.41. The van der Waals surface area contributed by atoms with Crippen molar-refractivity contribution >= 4 is 11.7 Å². The second kappa shape index (κ2) is 8.09. The van der Waals surface area contributed by atoms with E-state index in [0.717, 1.165) is 55.8 Å². The molecule has 0 aliphatic carbocycles. The van der Waals surface area contributed by atoms with Gasteiger partial charge in [-0.3, -0.25) is 4.79 Å². The molecule has 2 fully saturated rings. The molecular weight excluding hydrogens is 372 g/mol. The van der Waals surface area contributed by atoms with E-state index < -0.39 is 11.6 Å². The number of hydrogen-bond acceptors (Lipinski definition) is 3. The molecule has 2 aliphatic heterocycles. The number of anilines is 1. The maximum Gasteiger partial charge on any atom is 0.226 e. The normalized spacial score (nSPS) is 22.7. The fourth-order valence-electron chi connectivity index (χ4n) is 4.54. The molecule has 2 saturated heterocycles. The van der Waals surface area contributed by atoms with Gasteiger partial charge in [0.2, 0.25) is 5.91 Å². The zero-order valence-electron chi connectivity index (χ0n) is 16.9. The van der Waals surface area contributed by atoms with Crippen molar-refractivity contribution in [1.29, 1.82) is 0 Å². The quantitative estimate of drug-likeness (QED) is 0.753. The molecule has 2 aromatic rings. The summed E-state index contributed by atoms with van der Waals surface area (Å²) in [6.07, 6.45) is 4.29. The van der Waals surface area contributed by atoms with Gasteiger partial charge in [0, 0.05) is 31.7 Å². The number of nitrogens with zero attached hydrogens (tertiary/aromatic N) is 3. The lowest BCUT2D eigenvalue weighted by Gasteiger charge is -2.38. The summed E-state index contributed by atoms with van der Waals surface area (Å²) in [5.41, 5.74) is 1.92. The Balaban J connectivity index is 1.35. The number of aromatic nitrogens is 1. The van der Waals surface area contributed by atoms with E-state index in [9.17, 15) is 13.6 Å². The number of piperazine rings is 1. The highest BCUT2D eigenvalue weighted by molar-refractivity contribution is 5.82. The Morgan fingerprint density at radius 1 is 1.17 bits per heavy atom. The zero-order chi connectivity index (χ0) is 20.5. The Morgan fingerprint density at radius 3 is 2.72 bits per heavy atom. The molecule has 4 nitrogen and oxygen atoms in total. The van der Waals surface area contributed by atoms with E-state index in [1.807, 2.05) is 31.0 Å². The van der Waals surface area contributed by atoms with E-state index in [1.54, 1.807) is 6.07 Å². The lowest BCUT2D eigenvalue weighted by Crippen LogP contribution is -2.51. The van der Waals surface area contributed by atoms with Crippen LogP contribution in [0.3, 0.4) is 0 Å². The first-order valence-electron chi connectivity index (χ1n) is 10.4. The summed E-state index contributed by atoms with van der Waals surface area (Å²) < 4.78 is 26.7. The van der Waals surface area contributed by atoms with Gasteiger partial charge in [-0.15, -0.1) is 0 Å². The first-order valence-corrected chi connectivity index (χ1v) is 10.4. The van der Waals surface area contributed by atoms with Gasteiger partial charge in [-0.1, -0.05) is 19.1 Å². The fraction of sp³-hybridized carbons (Fsp3) is 0.478. The van der Waals surface area contributed by atoms with Crippen LogP contribution in [-0.2, 0) is 4.79 Å². The number of benzene rings is 1. The average molecular weight is 399 g/mol. The highest BCUT2D eigenvalue weighted by Gasteiger charge is 2.42. The molecule has 0 spiro atoms. The fourth-order valence-corrected chi connectivity index (χ4v) is 4.54. The van der Waals surface area contributed by atoms with Crippen LogP contribution in [0.2, 0.25) is 0 Å². The SMILES string of the molecule is Cc1ccc(N2CCN3C(=O)[C@@H](CCC(C)c4ccc(F)c(F)c4)C[C@H]3C2)nc1. The molecule has 0 saturated carbocycles. The predicted molar refractivity (Wildman–Crippen MR) is 109 cm³/mol. The number of fused-ring (bicyclic) bond motifs is 1. The topological polar surface area (TPSA) is 36.4 Å². The molecule has 0 N–H and O–H groups in total. The molecule has 0 bridgehead atoms. The molecular formula is C23H27F2N3O. The van der Waals surface area contributed by atoms with Crippen LogP contribution in [0.15, 0.2) is 36.5 Å². The molecule has 4 rings (SSSR count). The van der Waals surface area contributed by atoms with E-state index in [2.05, 4.69) is 16.0 Å². The predicted octanol–water partition coefficient (Wildman–Crippen LogP) is 4.29. The van der Waals surface area contributed by atoms with Gasteiger partial charge in [-0.25, -0.2) is 13.8 Å². The molecule has 0 radical (unpaired) electrons. The lowest BCUT2D eigenvalue weighted by atomic mass is 9.90. The molecule has 3 atom stereocenters. The number of aryl methyl sites for hydroxylation is 1. The number of hydrogen-bond donors (Lipinski definition) is 0. The van der Waals surface area contributed by atoms with Gasteiger partial charge in [-0.2, -0.15) is 0 Å². The van der Waals surface area contributed by atoms with Crippen LogP contribution in [0.25, 0.3) is 0 Å². The first-order chi connectivity index (χ1) is 13.9. The van der Waals surface area contributed by atoms with Gasteiger partial charge in [0.25, 0.3) is 0 Å². The van der Waals surface area contributed by atoms with Crippen LogP contribution in [-0.4, -0.2) is 41.5 Å². The third kappa shape index (κ3) is 4.11. The number of pyridine rings is 1. The van der Waals surface area contributed by atoms with Crippen molar-refractivity contribution in [2.75, 3.05) is 24.5 Å². The third-order valence-corrected chi connectivity index (χ3v) is 6.35. The Bertz CT molecular complexity index is 886. The average Bonchev–Trinajstić information content (AvgIpc) is 3.04. The van der Waals surface area contributed by atoms with E-state index in [4.69, 9.17) is 0 Å². The Morgan fingerprint density at radius 2 is 2.00 bits per heavy atom. The van der Waals surface area contributed by atoms with Gasteiger partial charge in [0.05, 0.1) is 6.04 Å². The van der Waals surface area contributed by atoms with Crippen LogP contribution in [0.5, 0.6) is 0 Å². The number of carbonyl (C=O) groups excluding carboxylic acids is 1. The second-order valence-corrected chi connectivity index (χ2v) is 8.41. The van der Waals surface area contributed by atoms with Crippen molar-refractivity contribution in [3.63, 3.8) is 0 Å². The van der Waals surface area contributed by atoms with Gasteiger partial charge in [-0.05, 0) is 61.4 Å². The van der Waals surface area contributed by atoms with Crippen LogP contribution in [0.4, 0.5) is 14.6 Å². The summed E-state index contributed by atoms with van der Waals surface area (Å²) in [4.78, 5) is 21.7. The van der Waals surface area contributed by atoms with Gasteiger partial charge in [0.15, 0.2) is 11.6 Å². The molecule has 1 amide bonds. The van der Waals surface area contributed by atoms with Crippen molar-refractivity contribution in [2.24, 2.45) is 5.92 Å². The summed E-state index contributed by atoms with van der Waals surface area (Å²) in [6, 6.07) is 8.42. The third-order valence-electron chi connectivity index (χ3n) is 6.35. The number of carbonyl (C=O) groups is 1. The van der Waals surface area contributed by atoms with Crippen LogP contribution in [0.1, 0.15) is 43.2 Å². The van der Waals surface area contributed by atoms with Crippen molar-refractivity contribution in [3.05, 3.63) is 59.3 Å². The molecule has 2 aliphatic rings. The smallest absolute Gasteiger partial charge is 0.226 e. The van der Waals surface area contributed by atoms with E-state index in [1.165, 1.54) is 12.1 Å². The van der Waals surface area contributed by atoms with Crippen molar-refractivity contribution in [3.8, 4) is 0 Å². The maximum absolute atomic E-state index is 13.5. The van der Waals surface area contributed by atoms with Gasteiger partial charge >= 0.3 is 0 Å². The molecule has 29 heavy (non-hydrogen) atoms. The van der Waals surface area contributed by atoms with E-state index in [0.29, 0.717) is 0 Å². The summed E-state index contributed by atoms with van der Waals surface area (Å²) >= 11 is 0. The first kappa shape index (κ1) is 19.8. The molecule has 3 heterocycles. The van der Waals surface area contributed by atoms with Crippen LogP contribution >= 0.6 is 0 Å². The minimum absolute atomic E-state index is 0.0127. The van der Waals surface area contributed by atoms with Crippen molar-refractivity contribution in [2.45, 2.75) is 45.1 Å².